The SMILES string of the molecule is CC(C)n1nnnc1SCCS(C)(=O)=O. The Hall–Kier alpha value is -0.630. The molecule has 0 radical (unpaired) electrons. The number of nitrogens with zero attached hydrogens (tertiary/aromatic N) is 4. The van der Waals surface area contributed by atoms with E-state index in [4.69, 9.17) is 0 Å². The van der Waals surface area contributed by atoms with Gasteiger partial charge in [-0.1, -0.05) is 11.8 Å². The molecule has 1 heterocycles. The van der Waals surface area contributed by atoms with Crippen molar-refractivity contribution >= 4 is 21.6 Å². The quantitative estimate of drug-likeness (QED) is 0.704. The number of sulfone groups is 1. The predicted molar refractivity (Wildman–Crippen MR) is 58.6 cm³/mol. The van der Waals surface area contributed by atoms with Crippen LogP contribution in [0.25, 0.3) is 0 Å². The Balaban J connectivity index is 2.54. The smallest absolute Gasteiger partial charge is 0.209 e. The molecule has 0 spiro atoms. The molecule has 1 aromatic heterocycles. The summed E-state index contributed by atoms with van der Waals surface area (Å²) < 4.78 is 23.5. The van der Waals surface area contributed by atoms with E-state index >= 15 is 0 Å². The fourth-order valence-electron chi connectivity index (χ4n) is 0.889. The first kappa shape index (κ1) is 12.4. The lowest BCUT2D eigenvalue weighted by Crippen LogP contribution is -2.08. The van der Waals surface area contributed by atoms with Gasteiger partial charge < -0.3 is 0 Å². The summed E-state index contributed by atoms with van der Waals surface area (Å²) in [6.45, 7) is 3.94. The monoisotopic (exact) mass is 250 g/mol. The summed E-state index contributed by atoms with van der Waals surface area (Å²) in [5.41, 5.74) is 0. The van der Waals surface area contributed by atoms with Crippen molar-refractivity contribution in [2.45, 2.75) is 25.0 Å². The minimum absolute atomic E-state index is 0.141. The van der Waals surface area contributed by atoms with Crippen molar-refractivity contribution in [1.82, 2.24) is 20.2 Å². The van der Waals surface area contributed by atoms with E-state index in [1.807, 2.05) is 13.8 Å². The van der Waals surface area contributed by atoms with Crippen LogP contribution in [0.4, 0.5) is 0 Å². The average molecular weight is 250 g/mol. The molecule has 0 N–H and O–H groups in total. The maximum atomic E-state index is 10.9. The molecule has 0 amide bonds. The van der Waals surface area contributed by atoms with Crippen molar-refractivity contribution in [3.8, 4) is 0 Å². The van der Waals surface area contributed by atoms with E-state index in [0.29, 0.717) is 10.9 Å². The molecular formula is C7H14N4O2S2. The maximum Gasteiger partial charge on any atom is 0.209 e. The molecule has 0 aliphatic rings. The van der Waals surface area contributed by atoms with Crippen LogP contribution in [-0.4, -0.2) is 46.4 Å². The highest BCUT2D eigenvalue weighted by Crippen LogP contribution is 2.17. The highest BCUT2D eigenvalue weighted by atomic mass is 32.2. The zero-order valence-electron chi connectivity index (χ0n) is 8.91. The summed E-state index contributed by atoms with van der Waals surface area (Å²) in [5, 5.41) is 11.9. The summed E-state index contributed by atoms with van der Waals surface area (Å²) in [5.74, 6) is 0.620. The molecule has 8 heteroatoms. The fraction of sp³-hybridized carbons (Fsp3) is 0.857. The highest BCUT2D eigenvalue weighted by molar-refractivity contribution is 8.00. The van der Waals surface area contributed by atoms with E-state index in [2.05, 4.69) is 15.5 Å². The first-order valence-electron chi connectivity index (χ1n) is 4.48. The second kappa shape index (κ2) is 4.93. The van der Waals surface area contributed by atoms with Gasteiger partial charge in [0.1, 0.15) is 9.84 Å². The van der Waals surface area contributed by atoms with Crippen molar-refractivity contribution in [3.05, 3.63) is 0 Å². The van der Waals surface area contributed by atoms with Crippen LogP contribution >= 0.6 is 11.8 Å². The Labute approximate surface area is 93.4 Å². The van der Waals surface area contributed by atoms with Crippen molar-refractivity contribution in [3.63, 3.8) is 0 Å². The summed E-state index contributed by atoms with van der Waals surface area (Å²) in [6.07, 6.45) is 1.22. The van der Waals surface area contributed by atoms with E-state index in [9.17, 15) is 8.42 Å². The number of aromatic nitrogens is 4. The van der Waals surface area contributed by atoms with Crippen LogP contribution in [0.15, 0.2) is 5.16 Å². The van der Waals surface area contributed by atoms with Crippen LogP contribution in [0, 0.1) is 0 Å². The summed E-state index contributed by atoms with van der Waals surface area (Å²) in [6, 6.07) is 0.181. The van der Waals surface area contributed by atoms with E-state index in [-0.39, 0.29) is 11.8 Å². The molecule has 0 aliphatic carbocycles. The summed E-state index contributed by atoms with van der Waals surface area (Å²) >= 11 is 1.36. The Morgan fingerprint density at radius 2 is 2.13 bits per heavy atom. The van der Waals surface area contributed by atoms with Crippen molar-refractivity contribution in [2.75, 3.05) is 17.8 Å². The van der Waals surface area contributed by atoms with Crippen LogP contribution in [0.2, 0.25) is 0 Å². The number of hydrogen-bond acceptors (Lipinski definition) is 6. The second-order valence-electron chi connectivity index (χ2n) is 3.48. The number of thioether (sulfide) groups is 1. The third-order valence-corrected chi connectivity index (χ3v) is 3.78. The lowest BCUT2D eigenvalue weighted by atomic mass is 10.4. The molecular weight excluding hydrogens is 236 g/mol. The molecule has 0 saturated carbocycles. The molecule has 0 bridgehead atoms. The second-order valence-corrected chi connectivity index (χ2v) is 6.80. The van der Waals surface area contributed by atoms with Crippen LogP contribution in [-0.2, 0) is 9.84 Å². The van der Waals surface area contributed by atoms with Gasteiger partial charge in [0, 0.05) is 12.0 Å². The molecule has 15 heavy (non-hydrogen) atoms. The number of rotatable bonds is 5. The van der Waals surface area contributed by atoms with Crippen molar-refractivity contribution in [2.24, 2.45) is 0 Å². The molecule has 1 aromatic rings. The van der Waals surface area contributed by atoms with Gasteiger partial charge in [-0.3, -0.25) is 0 Å². The molecule has 0 aromatic carbocycles. The zero-order chi connectivity index (χ0) is 11.5. The molecule has 0 fully saturated rings. The average Bonchev–Trinajstić information content (AvgIpc) is 2.49. The lowest BCUT2D eigenvalue weighted by molar-refractivity contribution is 0.477. The van der Waals surface area contributed by atoms with Gasteiger partial charge in [-0.05, 0) is 24.3 Å². The first-order valence-corrected chi connectivity index (χ1v) is 7.53. The third-order valence-electron chi connectivity index (χ3n) is 1.64. The first-order chi connectivity index (χ1) is 6.90. The molecule has 0 aliphatic heterocycles. The van der Waals surface area contributed by atoms with Gasteiger partial charge in [0.15, 0.2) is 0 Å². The van der Waals surface area contributed by atoms with E-state index in [0.717, 1.165) is 0 Å². The molecule has 0 atom stereocenters. The van der Waals surface area contributed by atoms with Gasteiger partial charge in [-0.2, -0.15) is 0 Å². The van der Waals surface area contributed by atoms with Gasteiger partial charge >= 0.3 is 0 Å². The molecule has 0 saturated heterocycles. The zero-order valence-corrected chi connectivity index (χ0v) is 10.5. The van der Waals surface area contributed by atoms with Gasteiger partial charge in [0.2, 0.25) is 5.16 Å². The number of tetrazole rings is 1. The Morgan fingerprint density at radius 3 is 2.67 bits per heavy atom. The minimum Gasteiger partial charge on any atom is -0.229 e. The Bertz CT molecular complexity index is 412. The highest BCUT2D eigenvalue weighted by Gasteiger charge is 2.10. The van der Waals surface area contributed by atoms with Crippen LogP contribution in [0.3, 0.4) is 0 Å². The van der Waals surface area contributed by atoms with Crippen molar-refractivity contribution in [1.29, 1.82) is 0 Å². The Kier molecular flexibility index (Phi) is 4.09. The van der Waals surface area contributed by atoms with E-state index < -0.39 is 9.84 Å². The molecule has 86 valence electrons. The summed E-state index contributed by atoms with van der Waals surface area (Å²) in [7, 11) is -2.91. The van der Waals surface area contributed by atoms with Gasteiger partial charge in [-0.15, -0.1) is 5.10 Å². The largest absolute Gasteiger partial charge is 0.229 e. The fourth-order valence-corrected chi connectivity index (χ4v) is 3.09. The molecule has 0 unspecified atom stereocenters. The van der Waals surface area contributed by atoms with E-state index in [1.165, 1.54) is 18.0 Å². The van der Waals surface area contributed by atoms with Crippen LogP contribution in [0.5, 0.6) is 0 Å². The normalized spacial score (nSPS) is 12.3. The maximum absolute atomic E-state index is 10.9. The van der Waals surface area contributed by atoms with Gasteiger partial charge in [0.05, 0.1) is 11.8 Å². The van der Waals surface area contributed by atoms with Gasteiger partial charge in [0.25, 0.3) is 0 Å². The standard InChI is InChI=1S/C7H14N4O2S2/c1-6(2)11-7(8-9-10-11)14-4-5-15(3,12)13/h6H,4-5H2,1-3H3. The molecule has 1 rings (SSSR count). The third kappa shape index (κ3) is 4.17. The van der Waals surface area contributed by atoms with Crippen molar-refractivity contribution < 1.29 is 8.42 Å². The minimum atomic E-state index is -2.91. The number of hydrogen-bond donors (Lipinski definition) is 0. The predicted octanol–water partition coefficient (Wildman–Crippen LogP) is 0.391. The molecule has 6 nitrogen and oxygen atoms in total. The topological polar surface area (TPSA) is 77.7 Å². The van der Waals surface area contributed by atoms with Crippen LogP contribution < -0.4 is 0 Å². The summed E-state index contributed by atoms with van der Waals surface area (Å²) in [4.78, 5) is 0. The van der Waals surface area contributed by atoms with Gasteiger partial charge in [-0.25, -0.2) is 13.1 Å². The Morgan fingerprint density at radius 1 is 1.47 bits per heavy atom. The lowest BCUT2D eigenvalue weighted by Gasteiger charge is -2.06. The van der Waals surface area contributed by atoms with E-state index in [1.54, 1.807) is 4.68 Å². The van der Waals surface area contributed by atoms with Crippen LogP contribution in [0.1, 0.15) is 19.9 Å².